The second-order valence-corrected chi connectivity index (χ2v) is 7.75. The van der Waals surface area contributed by atoms with Gasteiger partial charge in [0.25, 0.3) is 5.91 Å². The van der Waals surface area contributed by atoms with E-state index in [1.807, 2.05) is 0 Å². The highest BCUT2D eigenvalue weighted by atomic mass is 35.5. The lowest BCUT2D eigenvalue weighted by atomic mass is 10.3. The minimum absolute atomic E-state index is 0.00379. The molecule has 0 saturated heterocycles. The zero-order valence-electron chi connectivity index (χ0n) is 14.6. The average Bonchev–Trinajstić information content (AvgIpc) is 2.61. The molecule has 2 aromatic rings. The summed E-state index contributed by atoms with van der Waals surface area (Å²) < 4.78 is 33.4. The predicted molar refractivity (Wildman–Crippen MR) is 98.9 cm³/mol. The van der Waals surface area contributed by atoms with Gasteiger partial charge in [0.05, 0.1) is 22.2 Å². The largest absolute Gasteiger partial charge is 0.477 e. The molecule has 1 N–H and O–H groups in total. The fourth-order valence-electron chi connectivity index (χ4n) is 2.02. The number of halogens is 1. The maximum atomic E-state index is 12.1. The van der Waals surface area contributed by atoms with Crippen molar-refractivity contribution in [1.29, 1.82) is 0 Å². The van der Waals surface area contributed by atoms with Crippen LogP contribution in [0.5, 0.6) is 5.88 Å². The predicted octanol–water partition coefficient (Wildman–Crippen LogP) is 2.33. The summed E-state index contributed by atoms with van der Waals surface area (Å²) in [7, 11) is -3.47. The van der Waals surface area contributed by atoms with Crippen molar-refractivity contribution in [3.8, 4) is 5.88 Å². The summed E-state index contributed by atoms with van der Waals surface area (Å²) in [5.41, 5.74) is 0.182. The summed E-state index contributed by atoms with van der Waals surface area (Å²) in [4.78, 5) is 28.1. The van der Waals surface area contributed by atoms with Crippen LogP contribution in [0.2, 0.25) is 5.02 Å². The highest BCUT2D eigenvalue weighted by Crippen LogP contribution is 2.25. The average molecular weight is 413 g/mol. The van der Waals surface area contributed by atoms with E-state index in [1.165, 1.54) is 36.5 Å². The Morgan fingerprint density at radius 2 is 2.00 bits per heavy atom. The van der Waals surface area contributed by atoms with Crippen LogP contribution in [-0.2, 0) is 19.4 Å². The first kappa shape index (κ1) is 20.7. The number of carbonyl (C=O) groups excluding carboxylic acids is 2. The normalized spacial score (nSPS) is 10.9. The van der Waals surface area contributed by atoms with Crippen LogP contribution in [0.1, 0.15) is 17.3 Å². The van der Waals surface area contributed by atoms with E-state index in [2.05, 4.69) is 10.3 Å². The van der Waals surface area contributed by atoms with Gasteiger partial charge in [-0.05, 0) is 37.3 Å². The van der Waals surface area contributed by atoms with Crippen molar-refractivity contribution < 1.29 is 27.5 Å². The van der Waals surface area contributed by atoms with Crippen LogP contribution in [0.3, 0.4) is 0 Å². The third-order valence-corrected chi connectivity index (χ3v) is 4.69. The van der Waals surface area contributed by atoms with E-state index >= 15 is 0 Å². The lowest BCUT2D eigenvalue weighted by molar-refractivity contribution is -0.119. The number of esters is 1. The van der Waals surface area contributed by atoms with Crippen LogP contribution in [0.25, 0.3) is 0 Å². The first-order valence-electron chi connectivity index (χ1n) is 7.76. The fraction of sp³-hybridized carbons (Fsp3) is 0.235. The maximum Gasteiger partial charge on any atom is 0.344 e. The summed E-state index contributed by atoms with van der Waals surface area (Å²) in [6, 6.07) is 6.90. The molecule has 1 amide bonds. The number of carbonyl (C=O) groups is 2. The van der Waals surface area contributed by atoms with Crippen LogP contribution in [-0.4, -0.2) is 44.7 Å². The Morgan fingerprint density at radius 3 is 2.67 bits per heavy atom. The maximum absolute atomic E-state index is 12.1. The number of rotatable bonds is 7. The molecule has 1 heterocycles. The lowest BCUT2D eigenvalue weighted by Gasteiger charge is -2.10. The number of aromatic nitrogens is 1. The molecule has 0 unspecified atom stereocenters. The van der Waals surface area contributed by atoms with Gasteiger partial charge in [-0.15, -0.1) is 0 Å². The van der Waals surface area contributed by atoms with Crippen molar-refractivity contribution in [1.82, 2.24) is 4.98 Å². The molecule has 0 saturated carbocycles. The van der Waals surface area contributed by atoms with Crippen molar-refractivity contribution >= 4 is 39.0 Å². The summed E-state index contributed by atoms with van der Waals surface area (Å²) in [5, 5.41) is 2.56. The van der Waals surface area contributed by atoms with Gasteiger partial charge in [0.15, 0.2) is 16.4 Å². The van der Waals surface area contributed by atoms with E-state index in [4.69, 9.17) is 21.1 Å². The Hall–Kier alpha value is -2.65. The number of sulfone groups is 1. The lowest BCUT2D eigenvalue weighted by Crippen LogP contribution is -2.21. The third kappa shape index (κ3) is 5.66. The van der Waals surface area contributed by atoms with Crippen LogP contribution < -0.4 is 10.1 Å². The molecule has 0 bridgehead atoms. The van der Waals surface area contributed by atoms with Gasteiger partial charge in [-0.3, -0.25) is 4.79 Å². The minimum Gasteiger partial charge on any atom is -0.477 e. The van der Waals surface area contributed by atoms with E-state index in [1.54, 1.807) is 6.92 Å². The molecule has 0 radical (unpaired) electrons. The van der Waals surface area contributed by atoms with E-state index < -0.39 is 28.3 Å². The molecule has 0 aliphatic heterocycles. The summed E-state index contributed by atoms with van der Waals surface area (Å²) >= 11 is 5.96. The summed E-state index contributed by atoms with van der Waals surface area (Å²) in [6.07, 6.45) is 2.50. The SMILES string of the molecule is CCOc1ncccc1C(=O)OCC(=O)Nc1cc(S(C)(=O)=O)ccc1Cl. The molecule has 0 atom stereocenters. The number of hydrogen-bond acceptors (Lipinski definition) is 7. The molecular weight excluding hydrogens is 396 g/mol. The molecule has 0 spiro atoms. The van der Waals surface area contributed by atoms with Crippen LogP contribution in [0, 0.1) is 0 Å². The number of pyridine rings is 1. The Balaban J connectivity index is 2.04. The topological polar surface area (TPSA) is 112 Å². The molecule has 1 aromatic heterocycles. The monoisotopic (exact) mass is 412 g/mol. The van der Waals surface area contributed by atoms with Gasteiger partial charge >= 0.3 is 5.97 Å². The second kappa shape index (κ2) is 8.83. The van der Waals surface area contributed by atoms with Crippen LogP contribution >= 0.6 is 11.6 Å². The van der Waals surface area contributed by atoms with Gasteiger partial charge in [-0.25, -0.2) is 18.2 Å². The fourth-order valence-corrected chi connectivity index (χ4v) is 2.84. The highest BCUT2D eigenvalue weighted by molar-refractivity contribution is 7.90. The van der Waals surface area contributed by atoms with Gasteiger partial charge in [-0.1, -0.05) is 11.6 Å². The first-order valence-corrected chi connectivity index (χ1v) is 10.0. The molecule has 144 valence electrons. The van der Waals surface area contributed by atoms with Crippen LogP contribution in [0.15, 0.2) is 41.4 Å². The molecule has 0 aliphatic carbocycles. The highest BCUT2D eigenvalue weighted by Gasteiger charge is 2.17. The third-order valence-electron chi connectivity index (χ3n) is 3.25. The van der Waals surface area contributed by atoms with Gasteiger partial charge < -0.3 is 14.8 Å². The van der Waals surface area contributed by atoms with Gasteiger partial charge in [-0.2, -0.15) is 0 Å². The second-order valence-electron chi connectivity index (χ2n) is 5.33. The number of hydrogen-bond donors (Lipinski definition) is 1. The number of benzene rings is 1. The Labute approximate surface area is 161 Å². The molecule has 27 heavy (non-hydrogen) atoms. The molecule has 0 fully saturated rings. The van der Waals surface area contributed by atoms with Crippen molar-refractivity contribution in [3.05, 3.63) is 47.1 Å². The molecular formula is C17H17ClN2O6S. The Morgan fingerprint density at radius 1 is 1.26 bits per heavy atom. The van der Waals surface area contributed by atoms with Crippen molar-refractivity contribution in [2.24, 2.45) is 0 Å². The zero-order chi connectivity index (χ0) is 20.0. The summed E-state index contributed by atoms with van der Waals surface area (Å²) in [6.45, 7) is 1.46. The summed E-state index contributed by atoms with van der Waals surface area (Å²) in [5.74, 6) is -1.36. The van der Waals surface area contributed by atoms with Crippen LogP contribution in [0.4, 0.5) is 5.69 Å². The number of amides is 1. The van der Waals surface area contributed by atoms with Gasteiger partial charge in [0.1, 0.15) is 5.56 Å². The number of anilines is 1. The molecule has 8 nitrogen and oxygen atoms in total. The smallest absolute Gasteiger partial charge is 0.344 e. The van der Waals surface area contributed by atoms with Gasteiger partial charge in [0.2, 0.25) is 5.88 Å². The zero-order valence-corrected chi connectivity index (χ0v) is 16.1. The molecule has 0 aliphatic rings. The molecule has 10 heteroatoms. The van der Waals surface area contributed by atoms with E-state index in [0.29, 0.717) is 6.61 Å². The van der Waals surface area contributed by atoms with Crippen molar-refractivity contribution in [2.45, 2.75) is 11.8 Å². The van der Waals surface area contributed by atoms with Gasteiger partial charge in [0, 0.05) is 12.5 Å². The van der Waals surface area contributed by atoms with E-state index in [9.17, 15) is 18.0 Å². The van der Waals surface area contributed by atoms with Crippen molar-refractivity contribution in [3.63, 3.8) is 0 Å². The standard InChI is InChI=1S/C17H17ClN2O6S/c1-3-25-16-12(5-4-8-19-16)17(22)26-10-15(21)20-14-9-11(27(2,23)24)6-7-13(14)18/h4-9H,3,10H2,1-2H3,(H,20,21). The van der Waals surface area contributed by atoms with Crippen molar-refractivity contribution in [2.75, 3.05) is 24.8 Å². The minimum atomic E-state index is -3.47. The number of nitrogens with one attached hydrogen (secondary N) is 1. The van der Waals surface area contributed by atoms with E-state index in [-0.39, 0.29) is 27.0 Å². The molecule has 2 rings (SSSR count). The quantitative estimate of drug-likeness (QED) is 0.694. The Bertz CT molecular complexity index is 962. The molecule has 1 aromatic carbocycles. The number of nitrogens with zero attached hydrogens (tertiary/aromatic N) is 1. The van der Waals surface area contributed by atoms with E-state index in [0.717, 1.165) is 6.26 Å². The first-order chi connectivity index (χ1) is 12.7. The Kier molecular flexibility index (Phi) is 6.75. The number of ether oxygens (including phenoxy) is 2.